The zero-order valence-corrected chi connectivity index (χ0v) is 14.9. The Morgan fingerprint density at radius 1 is 1.24 bits per heavy atom. The van der Waals surface area contributed by atoms with E-state index in [2.05, 4.69) is 37.2 Å². The van der Waals surface area contributed by atoms with E-state index < -0.39 is 4.92 Å². The fourth-order valence-corrected chi connectivity index (χ4v) is 3.78. The van der Waals surface area contributed by atoms with Crippen LogP contribution in [0.3, 0.4) is 0 Å². The van der Waals surface area contributed by atoms with Gasteiger partial charge in [-0.1, -0.05) is 11.6 Å². The summed E-state index contributed by atoms with van der Waals surface area (Å²) in [6.07, 6.45) is 0. The molecule has 0 spiro atoms. The van der Waals surface area contributed by atoms with Crippen molar-refractivity contribution in [1.82, 2.24) is 0 Å². The molecule has 0 atom stereocenters. The van der Waals surface area contributed by atoms with E-state index in [4.69, 9.17) is 11.6 Å². The summed E-state index contributed by atoms with van der Waals surface area (Å²) in [7, 11) is 0. The number of hydrogen-bond acceptors (Lipinski definition) is 3. The molecule has 0 fully saturated rings. The van der Waals surface area contributed by atoms with Crippen LogP contribution in [0, 0.1) is 17.0 Å². The van der Waals surface area contributed by atoms with Crippen molar-refractivity contribution in [3.63, 3.8) is 0 Å². The van der Waals surface area contributed by atoms with Gasteiger partial charge in [-0.2, -0.15) is 0 Å². The highest BCUT2D eigenvalue weighted by Crippen LogP contribution is 2.33. The van der Waals surface area contributed by atoms with Crippen molar-refractivity contribution in [2.75, 3.05) is 5.32 Å². The highest BCUT2D eigenvalue weighted by atomic mass is 79.9. The van der Waals surface area contributed by atoms with Crippen molar-refractivity contribution in [2.45, 2.75) is 13.5 Å². The van der Waals surface area contributed by atoms with Crippen LogP contribution < -0.4 is 5.32 Å². The zero-order valence-electron chi connectivity index (χ0n) is 11.0. The molecule has 0 aliphatic carbocycles. The van der Waals surface area contributed by atoms with Gasteiger partial charge in [-0.3, -0.25) is 10.1 Å². The summed E-state index contributed by atoms with van der Waals surface area (Å²) in [5.41, 5.74) is 2.82. The van der Waals surface area contributed by atoms with E-state index in [9.17, 15) is 10.1 Å². The lowest BCUT2D eigenvalue weighted by molar-refractivity contribution is -0.384. The minimum atomic E-state index is -0.462. The minimum absolute atomic E-state index is 0.0125. The number of benzene rings is 2. The van der Waals surface area contributed by atoms with Gasteiger partial charge in [0.1, 0.15) is 0 Å². The van der Waals surface area contributed by atoms with E-state index >= 15 is 0 Å². The Bertz CT molecular complexity index is 684. The van der Waals surface area contributed by atoms with Crippen LogP contribution in [0.1, 0.15) is 11.1 Å². The third-order valence-electron chi connectivity index (χ3n) is 2.89. The Labute approximate surface area is 143 Å². The molecule has 0 radical (unpaired) electrons. The monoisotopic (exact) mass is 432 g/mol. The molecule has 0 saturated heterocycles. The van der Waals surface area contributed by atoms with Gasteiger partial charge in [-0.15, -0.1) is 0 Å². The van der Waals surface area contributed by atoms with Crippen LogP contribution in [-0.4, -0.2) is 4.92 Å². The molecule has 4 nitrogen and oxygen atoms in total. The van der Waals surface area contributed by atoms with Crippen molar-refractivity contribution in [1.29, 1.82) is 0 Å². The molecule has 110 valence electrons. The number of nitro benzene ring substituents is 1. The smallest absolute Gasteiger partial charge is 0.270 e. The van der Waals surface area contributed by atoms with Crippen molar-refractivity contribution >= 4 is 54.8 Å². The van der Waals surface area contributed by atoms with Crippen molar-refractivity contribution in [3.05, 3.63) is 65.5 Å². The number of nitrogens with zero attached hydrogens (tertiary/aromatic N) is 1. The van der Waals surface area contributed by atoms with Crippen LogP contribution in [0.2, 0.25) is 5.02 Å². The van der Waals surface area contributed by atoms with Gasteiger partial charge < -0.3 is 5.32 Å². The zero-order chi connectivity index (χ0) is 15.6. The number of rotatable bonds is 4. The average molecular weight is 435 g/mol. The molecule has 0 aliphatic heterocycles. The van der Waals surface area contributed by atoms with Crippen LogP contribution in [0.25, 0.3) is 0 Å². The second-order valence-corrected chi connectivity index (χ2v) is 6.61. The first-order valence-electron chi connectivity index (χ1n) is 6.01. The molecule has 0 saturated carbocycles. The maximum absolute atomic E-state index is 10.7. The molecule has 0 unspecified atom stereocenters. The number of hydrogen-bond donors (Lipinski definition) is 1. The maximum Gasteiger partial charge on any atom is 0.270 e. The second kappa shape index (κ2) is 6.77. The molecule has 0 amide bonds. The summed E-state index contributed by atoms with van der Waals surface area (Å²) < 4.78 is 1.87. The van der Waals surface area contributed by atoms with E-state index in [1.165, 1.54) is 12.1 Å². The molecular formula is C14H11Br2ClN2O2. The van der Waals surface area contributed by atoms with E-state index in [1.807, 2.05) is 19.1 Å². The first-order chi connectivity index (χ1) is 9.88. The third kappa shape index (κ3) is 3.96. The first kappa shape index (κ1) is 16.3. The number of nitrogens with one attached hydrogen (secondary N) is 1. The molecule has 0 aromatic heterocycles. The summed E-state index contributed by atoms with van der Waals surface area (Å²) in [4.78, 5) is 10.2. The molecule has 21 heavy (non-hydrogen) atoms. The number of non-ortho nitro benzene ring substituents is 1. The van der Waals surface area contributed by atoms with Crippen molar-refractivity contribution in [3.8, 4) is 0 Å². The lowest BCUT2D eigenvalue weighted by Gasteiger charge is -2.12. The van der Waals surface area contributed by atoms with Gasteiger partial charge >= 0.3 is 0 Å². The standard InChI is InChI=1S/C14H11Br2ClN2O2/c1-8-4-11(15)14(12(16)5-8)18-7-9-2-3-10(19(20)21)6-13(9)17/h2-6,18H,7H2,1H3. The van der Waals surface area contributed by atoms with Crippen LogP contribution in [0.15, 0.2) is 39.3 Å². The third-order valence-corrected chi connectivity index (χ3v) is 4.49. The Hall–Kier alpha value is -1.11. The van der Waals surface area contributed by atoms with Gasteiger partial charge in [0.15, 0.2) is 0 Å². The number of anilines is 1. The predicted molar refractivity (Wildman–Crippen MR) is 92.0 cm³/mol. The molecule has 0 heterocycles. The topological polar surface area (TPSA) is 55.2 Å². The Morgan fingerprint density at radius 2 is 1.86 bits per heavy atom. The van der Waals surface area contributed by atoms with Crippen LogP contribution in [-0.2, 0) is 6.54 Å². The Morgan fingerprint density at radius 3 is 2.38 bits per heavy atom. The van der Waals surface area contributed by atoms with E-state index in [1.54, 1.807) is 6.07 Å². The molecule has 7 heteroatoms. The van der Waals surface area contributed by atoms with Crippen molar-refractivity contribution < 1.29 is 4.92 Å². The summed E-state index contributed by atoms with van der Waals surface area (Å²) in [5, 5.41) is 14.3. The van der Waals surface area contributed by atoms with Crippen LogP contribution in [0.4, 0.5) is 11.4 Å². The lowest BCUT2D eigenvalue weighted by Crippen LogP contribution is -2.02. The average Bonchev–Trinajstić information content (AvgIpc) is 2.38. The van der Waals surface area contributed by atoms with Gasteiger partial charge in [-0.05, 0) is 68.1 Å². The highest BCUT2D eigenvalue weighted by molar-refractivity contribution is 9.11. The first-order valence-corrected chi connectivity index (χ1v) is 7.97. The molecular weight excluding hydrogens is 423 g/mol. The summed E-state index contributed by atoms with van der Waals surface area (Å²) in [6.45, 7) is 2.48. The van der Waals surface area contributed by atoms with Gasteiger partial charge in [0.25, 0.3) is 5.69 Å². The lowest BCUT2D eigenvalue weighted by atomic mass is 10.2. The summed E-state index contributed by atoms with van der Waals surface area (Å²) in [6, 6.07) is 8.47. The largest absolute Gasteiger partial charge is 0.379 e. The number of halogens is 3. The second-order valence-electron chi connectivity index (χ2n) is 4.49. The molecule has 0 bridgehead atoms. The van der Waals surface area contributed by atoms with Crippen LogP contribution in [0.5, 0.6) is 0 Å². The van der Waals surface area contributed by atoms with Gasteiger partial charge in [0, 0.05) is 27.6 Å². The fourth-order valence-electron chi connectivity index (χ4n) is 1.85. The fraction of sp³-hybridized carbons (Fsp3) is 0.143. The Balaban J connectivity index is 2.19. The molecule has 1 N–H and O–H groups in total. The predicted octanol–water partition coefficient (Wildman–Crippen LogP) is 5.69. The normalized spacial score (nSPS) is 10.5. The molecule has 2 aromatic rings. The molecule has 2 rings (SSSR count). The summed E-state index contributed by atoms with van der Waals surface area (Å²) >= 11 is 13.1. The Kier molecular flexibility index (Phi) is 5.24. The number of nitro groups is 1. The summed E-state index contributed by atoms with van der Waals surface area (Å²) in [5.74, 6) is 0. The van der Waals surface area contributed by atoms with E-state index in [0.717, 1.165) is 25.8 Å². The highest BCUT2D eigenvalue weighted by Gasteiger charge is 2.11. The minimum Gasteiger partial charge on any atom is -0.379 e. The van der Waals surface area contributed by atoms with Crippen molar-refractivity contribution in [2.24, 2.45) is 0 Å². The van der Waals surface area contributed by atoms with E-state index in [-0.39, 0.29) is 5.69 Å². The molecule has 0 aliphatic rings. The number of aryl methyl sites for hydroxylation is 1. The van der Waals surface area contributed by atoms with Gasteiger partial charge in [0.2, 0.25) is 0 Å². The molecule has 2 aromatic carbocycles. The SMILES string of the molecule is Cc1cc(Br)c(NCc2ccc([N+](=O)[O-])cc2Cl)c(Br)c1. The maximum atomic E-state index is 10.7. The quantitative estimate of drug-likeness (QED) is 0.497. The van der Waals surface area contributed by atoms with Gasteiger partial charge in [0.05, 0.1) is 15.6 Å². The van der Waals surface area contributed by atoms with Gasteiger partial charge in [-0.25, -0.2) is 0 Å². The van der Waals surface area contributed by atoms with Crippen LogP contribution >= 0.6 is 43.5 Å². The van der Waals surface area contributed by atoms with E-state index in [0.29, 0.717) is 11.6 Å².